The highest BCUT2D eigenvalue weighted by Crippen LogP contribution is 2.25. The summed E-state index contributed by atoms with van der Waals surface area (Å²) < 4.78 is 2.11. The van der Waals surface area contributed by atoms with Crippen LogP contribution in [0.4, 0.5) is 0 Å². The molecule has 3 nitrogen and oxygen atoms in total. The SMILES string of the molecule is Cc1nc(CN)c(-c2ccc(CC(C)C)cc2)n1C. The number of imidazole rings is 1. The van der Waals surface area contributed by atoms with E-state index in [0.29, 0.717) is 12.5 Å². The van der Waals surface area contributed by atoms with Crippen LogP contribution in [0.25, 0.3) is 11.3 Å². The molecule has 1 aromatic carbocycles. The fraction of sp³-hybridized carbons (Fsp3) is 0.438. The quantitative estimate of drug-likeness (QED) is 0.915. The Bertz CT molecular complexity index is 550. The topological polar surface area (TPSA) is 43.8 Å². The lowest BCUT2D eigenvalue weighted by atomic mass is 10.0. The summed E-state index contributed by atoms with van der Waals surface area (Å²) in [7, 11) is 2.04. The van der Waals surface area contributed by atoms with Crippen molar-refractivity contribution in [2.75, 3.05) is 0 Å². The number of nitrogens with zero attached hydrogens (tertiary/aromatic N) is 2. The van der Waals surface area contributed by atoms with Crippen LogP contribution >= 0.6 is 0 Å². The van der Waals surface area contributed by atoms with Crippen LogP contribution in [0, 0.1) is 12.8 Å². The molecule has 2 N–H and O–H groups in total. The largest absolute Gasteiger partial charge is 0.331 e. The van der Waals surface area contributed by atoms with Crippen molar-refractivity contribution in [2.24, 2.45) is 18.7 Å². The normalized spacial score (nSPS) is 11.3. The van der Waals surface area contributed by atoms with E-state index in [4.69, 9.17) is 5.73 Å². The van der Waals surface area contributed by atoms with E-state index in [9.17, 15) is 0 Å². The minimum absolute atomic E-state index is 0.477. The van der Waals surface area contributed by atoms with Gasteiger partial charge < -0.3 is 10.3 Å². The molecule has 3 heteroatoms. The number of hydrogen-bond acceptors (Lipinski definition) is 2. The molecule has 0 aliphatic rings. The highest BCUT2D eigenvalue weighted by atomic mass is 15.1. The number of nitrogens with two attached hydrogens (primary N) is 1. The minimum Gasteiger partial charge on any atom is -0.331 e. The van der Waals surface area contributed by atoms with Gasteiger partial charge in [-0.3, -0.25) is 0 Å². The Hall–Kier alpha value is -1.61. The van der Waals surface area contributed by atoms with Crippen LogP contribution in [0.1, 0.15) is 30.9 Å². The lowest BCUT2D eigenvalue weighted by molar-refractivity contribution is 0.647. The first-order valence-corrected chi connectivity index (χ1v) is 6.84. The lowest BCUT2D eigenvalue weighted by Gasteiger charge is -2.09. The maximum absolute atomic E-state index is 5.79. The number of aryl methyl sites for hydroxylation is 1. The first-order valence-electron chi connectivity index (χ1n) is 6.84. The molecule has 0 aliphatic carbocycles. The first-order chi connectivity index (χ1) is 9.02. The number of aromatic nitrogens is 2. The van der Waals surface area contributed by atoms with Crippen molar-refractivity contribution in [1.82, 2.24) is 9.55 Å². The van der Waals surface area contributed by atoms with Crippen molar-refractivity contribution in [1.29, 1.82) is 0 Å². The molecule has 1 aromatic heterocycles. The van der Waals surface area contributed by atoms with Crippen molar-refractivity contribution in [3.8, 4) is 11.3 Å². The zero-order valence-corrected chi connectivity index (χ0v) is 12.3. The third-order valence-electron chi connectivity index (χ3n) is 3.46. The molecular formula is C16H23N3. The summed E-state index contributed by atoms with van der Waals surface area (Å²) >= 11 is 0. The molecule has 0 atom stereocenters. The van der Waals surface area contributed by atoms with E-state index >= 15 is 0 Å². The van der Waals surface area contributed by atoms with Gasteiger partial charge in [-0.25, -0.2) is 4.98 Å². The average Bonchev–Trinajstić information content (AvgIpc) is 2.66. The third kappa shape index (κ3) is 2.87. The second-order valence-electron chi connectivity index (χ2n) is 5.51. The number of benzene rings is 1. The smallest absolute Gasteiger partial charge is 0.106 e. The van der Waals surface area contributed by atoms with E-state index in [2.05, 4.69) is 47.7 Å². The highest BCUT2D eigenvalue weighted by molar-refractivity contribution is 5.63. The van der Waals surface area contributed by atoms with Crippen LogP contribution in [0.2, 0.25) is 0 Å². The molecular weight excluding hydrogens is 234 g/mol. The summed E-state index contributed by atoms with van der Waals surface area (Å²) in [6, 6.07) is 8.76. The Labute approximate surface area is 115 Å². The van der Waals surface area contributed by atoms with Gasteiger partial charge in [-0.1, -0.05) is 38.1 Å². The van der Waals surface area contributed by atoms with Crippen LogP contribution < -0.4 is 5.73 Å². The predicted molar refractivity (Wildman–Crippen MR) is 79.8 cm³/mol. The molecule has 1 heterocycles. The predicted octanol–water partition coefficient (Wildman–Crippen LogP) is 3.05. The van der Waals surface area contributed by atoms with Crippen LogP contribution in [0.15, 0.2) is 24.3 Å². The van der Waals surface area contributed by atoms with Gasteiger partial charge in [-0.2, -0.15) is 0 Å². The monoisotopic (exact) mass is 257 g/mol. The van der Waals surface area contributed by atoms with Gasteiger partial charge in [-0.05, 0) is 24.8 Å². The van der Waals surface area contributed by atoms with Gasteiger partial charge in [0.25, 0.3) is 0 Å². The van der Waals surface area contributed by atoms with E-state index < -0.39 is 0 Å². The molecule has 0 amide bonds. The van der Waals surface area contributed by atoms with Gasteiger partial charge in [0.05, 0.1) is 11.4 Å². The van der Waals surface area contributed by atoms with Crippen molar-refractivity contribution in [3.05, 3.63) is 41.3 Å². The average molecular weight is 257 g/mol. The second-order valence-corrected chi connectivity index (χ2v) is 5.51. The van der Waals surface area contributed by atoms with Crippen LogP contribution in [0.3, 0.4) is 0 Å². The van der Waals surface area contributed by atoms with Crippen LogP contribution in [-0.2, 0) is 20.0 Å². The fourth-order valence-corrected chi connectivity index (χ4v) is 2.45. The summed E-state index contributed by atoms with van der Waals surface area (Å²) in [6.07, 6.45) is 1.12. The van der Waals surface area contributed by atoms with E-state index in [-0.39, 0.29) is 0 Å². The Balaban J connectivity index is 2.37. The van der Waals surface area contributed by atoms with E-state index in [0.717, 1.165) is 23.6 Å². The highest BCUT2D eigenvalue weighted by Gasteiger charge is 2.12. The molecule has 102 valence electrons. The number of rotatable bonds is 4. The van der Waals surface area contributed by atoms with Crippen molar-refractivity contribution in [3.63, 3.8) is 0 Å². The Morgan fingerprint density at radius 1 is 1.21 bits per heavy atom. The molecule has 0 saturated heterocycles. The third-order valence-corrected chi connectivity index (χ3v) is 3.46. The van der Waals surface area contributed by atoms with E-state index in [1.807, 2.05) is 14.0 Å². The number of hydrogen-bond donors (Lipinski definition) is 1. The fourth-order valence-electron chi connectivity index (χ4n) is 2.45. The Morgan fingerprint density at radius 3 is 2.37 bits per heavy atom. The van der Waals surface area contributed by atoms with Crippen molar-refractivity contribution in [2.45, 2.75) is 33.7 Å². The summed E-state index contributed by atoms with van der Waals surface area (Å²) in [5.74, 6) is 1.69. The molecule has 0 spiro atoms. The van der Waals surface area contributed by atoms with Gasteiger partial charge in [0.2, 0.25) is 0 Å². The van der Waals surface area contributed by atoms with Gasteiger partial charge in [-0.15, -0.1) is 0 Å². The molecule has 0 radical (unpaired) electrons. The summed E-state index contributed by atoms with van der Waals surface area (Å²) in [5, 5.41) is 0. The van der Waals surface area contributed by atoms with Gasteiger partial charge in [0.1, 0.15) is 5.82 Å². The molecule has 0 unspecified atom stereocenters. The zero-order valence-electron chi connectivity index (χ0n) is 12.3. The zero-order chi connectivity index (χ0) is 14.0. The molecule has 2 rings (SSSR count). The van der Waals surface area contributed by atoms with Crippen LogP contribution in [-0.4, -0.2) is 9.55 Å². The second kappa shape index (κ2) is 5.57. The summed E-state index contributed by atoms with van der Waals surface area (Å²) in [5.41, 5.74) is 10.5. The molecule has 0 aliphatic heterocycles. The molecule has 19 heavy (non-hydrogen) atoms. The van der Waals surface area contributed by atoms with Gasteiger partial charge >= 0.3 is 0 Å². The van der Waals surface area contributed by atoms with Crippen molar-refractivity contribution < 1.29 is 0 Å². The molecule has 0 bridgehead atoms. The Kier molecular flexibility index (Phi) is 4.05. The standard InChI is InChI=1S/C16H23N3/c1-11(2)9-13-5-7-14(8-6-13)16-15(10-17)18-12(3)19(16)4/h5-8,11H,9-10,17H2,1-4H3. The summed E-state index contributed by atoms with van der Waals surface area (Å²) in [4.78, 5) is 4.51. The van der Waals surface area contributed by atoms with Gasteiger partial charge in [0.15, 0.2) is 0 Å². The summed E-state index contributed by atoms with van der Waals surface area (Å²) in [6.45, 7) is 6.97. The van der Waals surface area contributed by atoms with Crippen LogP contribution in [0.5, 0.6) is 0 Å². The van der Waals surface area contributed by atoms with E-state index in [1.54, 1.807) is 0 Å². The first kappa shape index (κ1) is 13.8. The Morgan fingerprint density at radius 2 is 1.84 bits per heavy atom. The molecule has 0 saturated carbocycles. The lowest BCUT2D eigenvalue weighted by Crippen LogP contribution is -2.01. The maximum Gasteiger partial charge on any atom is 0.106 e. The van der Waals surface area contributed by atoms with Gasteiger partial charge in [0, 0.05) is 19.2 Å². The van der Waals surface area contributed by atoms with E-state index in [1.165, 1.54) is 11.1 Å². The molecule has 2 aromatic rings. The minimum atomic E-state index is 0.477. The molecule has 0 fully saturated rings. The maximum atomic E-state index is 5.79. The van der Waals surface area contributed by atoms with Crippen molar-refractivity contribution >= 4 is 0 Å².